The van der Waals surface area contributed by atoms with Crippen molar-refractivity contribution in [3.8, 4) is 0 Å². The first-order valence-corrected chi connectivity index (χ1v) is 6.79. The number of hydrogen-bond donors (Lipinski definition) is 1. The SMILES string of the molecule is CC1COC(C)(C2CCCS2(=O)=O)N1. The summed E-state index contributed by atoms with van der Waals surface area (Å²) in [5.41, 5.74) is -0.658. The Morgan fingerprint density at radius 2 is 2.21 bits per heavy atom. The van der Waals surface area contributed by atoms with Gasteiger partial charge in [0.1, 0.15) is 11.0 Å². The molecule has 0 radical (unpaired) electrons. The van der Waals surface area contributed by atoms with Gasteiger partial charge in [-0.1, -0.05) is 0 Å². The molecule has 0 aromatic heterocycles. The Bertz CT molecular complexity index is 327. The van der Waals surface area contributed by atoms with Crippen LogP contribution >= 0.6 is 0 Å². The van der Waals surface area contributed by atoms with Gasteiger partial charge in [0.25, 0.3) is 0 Å². The summed E-state index contributed by atoms with van der Waals surface area (Å²) in [7, 11) is -2.94. The van der Waals surface area contributed by atoms with E-state index in [0.717, 1.165) is 12.8 Å². The summed E-state index contributed by atoms with van der Waals surface area (Å²) in [4.78, 5) is 0. The molecule has 0 spiro atoms. The van der Waals surface area contributed by atoms with Crippen molar-refractivity contribution in [1.82, 2.24) is 5.32 Å². The van der Waals surface area contributed by atoms with Crippen LogP contribution in [0.2, 0.25) is 0 Å². The lowest BCUT2D eigenvalue weighted by atomic mass is 10.1. The molecule has 0 aliphatic carbocycles. The van der Waals surface area contributed by atoms with Crippen molar-refractivity contribution >= 4 is 9.84 Å². The van der Waals surface area contributed by atoms with Crippen molar-refractivity contribution in [2.45, 2.75) is 43.7 Å². The number of rotatable bonds is 1. The minimum Gasteiger partial charge on any atom is -0.358 e. The smallest absolute Gasteiger partial charge is 0.157 e. The summed E-state index contributed by atoms with van der Waals surface area (Å²) in [6.45, 7) is 4.46. The molecule has 3 unspecified atom stereocenters. The van der Waals surface area contributed by atoms with Crippen LogP contribution in [0.15, 0.2) is 0 Å². The first kappa shape index (κ1) is 10.4. The Hall–Kier alpha value is -0.130. The molecular formula is C9H17NO3S. The van der Waals surface area contributed by atoms with Crippen LogP contribution in [0.25, 0.3) is 0 Å². The zero-order valence-electron chi connectivity index (χ0n) is 8.62. The Morgan fingerprint density at radius 1 is 1.50 bits per heavy atom. The molecule has 3 atom stereocenters. The summed E-state index contributed by atoms with van der Waals surface area (Å²) in [6.07, 6.45) is 1.49. The quantitative estimate of drug-likeness (QED) is 0.688. The van der Waals surface area contributed by atoms with E-state index in [9.17, 15) is 8.42 Å². The van der Waals surface area contributed by atoms with Gasteiger partial charge in [-0.05, 0) is 26.7 Å². The number of nitrogens with one attached hydrogen (secondary N) is 1. The molecule has 0 aromatic carbocycles. The molecule has 82 valence electrons. The molecule has 1 N–H and O–H groups in total. The van der Waals surface area contributed by atoms with Gasteiger partial charge in [0.05, 0.1) is 12.4 Å². The van der Waals surface area contributed by atoms with Crippen molar-refractivity contribution < 1.29 is 13.2 Å². The highest BCUT2D eigenvalue weighted by molar-refractivity contribution is 7.92. The van der Waals surface area contributed by atoms with Gasteiger partial charge in [0, 0.05) is 6.04 Å². The predicted octanol–water partition coefficient (Wildman–Crippen LogP) is 0.288. The fraction of sp³-hybridized carbons (Fsp3) is 1.00. The predicted molar refractivity (Wildman–Crippen MR) is 53.8 cm³/mol. The maximum Gasteiger partial charge on any atom is 0.157 e. The molecule has 2 fully saturated rings. The van der Waals surface area contributed by atoms with Crippen molar-refractivity contribution in [1.29, 1.82) is 0 Å². The Morgan fingerprint density at radius 3 is 2.64 bits per heavy atom. The molecule has 2 aliphatic heterocycles. The molecule has 5 heteroatoms. The lowest BCUT2D eigenvalue weighted by molar-refractivity contribution is 0.00276. The van der Waals surface area contributed by atoms with Crippen LogP contribution in [0.5, 0.6) is 0 Å². The third-order valence-corrected chi connectivity index (χ3v) is 5.52. The topological polar surface area (TPSA) is 55.4 Å². The van der Waals surface area contributed by atoms with Crippen molar-refractivity contribution in [2.24, 2.45) is 0 Å². The van der Waals surface area contributed by atoms with E-state index in [-0.39, 0.29) is 11.3 Å². The highest BCUT2D eigenvalue weighted by Crippen LogP contribution is 2.33. The van der Waals surface area contributed by atoms with Crippen LogP contribution in [0.4, 0.5) is 0 Å². The standard InChI is InChI=1S/C9H17NO3S/c1-7-6-13-9(2,10-7)8-4-3-5-14(8,11)12/h7-8,10H,3-6H2,1-2H3. The van der Waals surface area contributed by atoms with Crippen molar-refractivity contribution in [2.75, 3.05) is 12.4 Å². The van der Waals surface area contributed by atoms with E-state index in [4.69, 9.17) is 4.74 Å². The van der Waals surface area contributed by atoms with Crippen LogP contribution in [-0.2, 0) is 14.6 Å². The molecule has 0 aromatic rings. The van der Waals surface area contributed by atoms with Gasteiger partial charge in [-0.2, -0.15) is 0 Å². The van der Waals surface area contributed by atoms with Crippen LogP contribution in [0.3, 0.4) is 0 Å². The van der Waals surface area contributed by atoms with Crippen LogP contribution < -0.4 is 5.32 Å². The monoisotopic (exact) mass is 219 g/mol. The van der Waals surface area contributed by atoms with E-state index in [2.05, 4.69) is 5.32 Å². The molecule has 0 bridgehead atoms. The van der Waals surface area contributed by atoms with Crippen LogP contribution in [0, 0.1) is 0 Å². The highest BCUT2D eigenvalue weighted by Gasteiger charge is 2.49. The second kappa shape index (κ2) is 3.18. The van der Waals surface area contributed by atoms with Gasteiger partial charge in [0.15, 0.2) is 9.84 Å². The molecule has 14 heavy (non-hydrogen) atoms. The Balaban J connectivity index is 2.23. The third kappa shape index (κ3) is 1.57. The normalized spacial score (nSPS) is 47.0. The van der Waals surface area contributed by atoms with E-state index in [1.165, 1.54) is 0 Å². The molecule has 0 amide bonds. The molecule has 2 heterocycles. The lowest BCUT2D eigenvalue weighted by Gasteiger charge is -2.29. The first-order valence-electron chi connectivity index (χ1n) is 5.07. The first-order chi connectivity index (χ1) is 6.44. The van der Waals surface area contributed by atoms with E-state index in [0.29, 0.717) is 12.4 Å². The largest absolute Gasteiger partial charge is 0.358 e. The van der Waals surface area contributed by atoms with Gasteiger partial charge in [-0.15, -0.1) is 0 Å². The van der Waals surface area contributed by atoms with E-state index in [1.807, 2.05) is 13.8 Å². The van der Waals surface area contributed by atoms with E-state index in [1.54, 1.807) is 0 Å². The molecule has 4 nitrogen and oxygen atoms in total. The van der Waals surface area contributed by atoms with E-state index < -0.39 is 15.6 Å². The van der Waals surface area contributed by atoms with Crippen LogP contribution in [0.1, 0.15) is 26.7 Å². The zero-order chi connectivity index (χ0) is 10.4. The lowest BCUT2D eigenvalue weighted by Crippen LogP contribution is -2.52. The van der Waals surface area contributed by atoms with Gasteiger partial charge >= 0.3 is 0 Å². The average molecular weight is 219 g/mol. The summed E-state index contributed by atoms with van der Waals surface area (Å²) < 4.78 is 29.1. The summed E-state index contributed by atoms with van der Waals surface area (Å²) in [5, 5.41) is 2.87. The fourth-order valence-electron chi connectivity index (χ4n) is 2.47. The van der Waals surface area contributed by atoms with Crippen LogP contribution in [-0.4, -0.2) is 37.8 Å². The Kier molecular flexibility index (Phi) is 2.36. The number of ether oxygens (including phenoxy) is 1. The third-order valence-electron chi connectivity index (χ3n) is 3.11. The van der Waals surface area contributed by atoms with Gasteiger partial charge < -0.3 is 4.74 Å². The van der Waals surface area contributed by atoms with Gasteiger partial charge in [-0.3, -0.25) is 5.32 Å². The minimum atomic E-state index is -2.94. The summed E-state index contributed by atoms with van der Waals surface area (Å²) in [6, 6.07) is 0.246. The van der Waals surface area contributed by atoms with Crippen molar-refractivity contribution in [3.05, 3.63) is 0 Å². The Labute approximate surface area is 84.9 Å². The average Bonchev–Trinajstić information content (AvgIpc) is 2.56. The fourth-order valence-corrected chi connectivity index (χ4v) is 4.67. The maximum atomic E-state index is 11.7. The van der Waals surface area contributed by atoms with Crippen molar-refractivity contribution in [3.63, 3.8) is 0 Å². The molecule has 2 rings (SSSR count). The number of hydrogen-bond acceptors (Lipinski definition) is 4. The maximum absolute atomic E-state index is 11.7. The summed E-state index contributed by atoms with van der Waals surface area (Å²) in [5.74, 6) is 0.312. The summed E-state index contributed by atoms with van der Waals surface area (Å²) >= 11 is 0. The second-order valence-corrected chi connectivity index (χ2v) is 6.76. The molecule has 0 saturated carbocycles. The van der Waals surface area contributed by atoms with Gasteiger partial charge in [-0.25, -0.2) is 8.42 Å². The minimum absolute atomic E-state index is 0.246. The molecule has 2 saturated heterocycles. The zero-order valence-corrected chi connectivity index (χ0v) is 9.43. The number of sulfone groups is 1. The highest BCUT2D eigenvalue weighted by atomic mass is 32.2. The molecule has 2 aliphatic rings. The second-order valence-electron chi connectivity index (χ2n) is 4.46. The van der Waals surface area contributed by atoms with E-state index >= 15 is 0 Å². The molecular weight excluding hydrogens is 202 g/mol. The van der Waals surface area contributed by atoms with Gasteiger partial charge in [0.2, 0.25) is 0 Å².